The van der Waals surface area contributed by atoms with Crippen LogP contribution in [0.3, 0.4) is 0 Å². The molecule has 1 saturated heterocycles. The number of morpholine rings is 1. The lowest BCUT2D eigenvalue weighted by Crippen LogP contribution is -2.54. The molecule has 9 heteroatoms. The number of carbonyl (C=O) groups is 1. The molecule has 1 atom stereocenters. The Morgan fingerprint density at radius 1 is 1.32 bits per heavy atom. The zero-order valence-electron chi connectivity index (χ0n) is 13.1. The lowest BCUT2D eigenvalue weighted by atomic mass is 10.1. The molecule has 1 aliphatic heterocycles. The number of anilines is 1. The third-order valence-corrected chi connectivity index (χ3v) is 4.00. The van der Waals surface area contributed by atoms with Crippen LogP contribution in [0.15, 0.2) is 35.3 Å². The van der Waals surface area contributed by atoms with Gasteiger partial charge in [0, 0.05) is 29.2 Å². The summed E-state index contributed by atoms with van der Waals surface area (Å²) < 4.78 is 43.3. The number of nitrogens with one attached hydrogen (secondary N) is 2. The zero-order chi connectivity index (χ0) is 18.0. The number of hydrogen-bond donors (Lipinski definition) is 2. The van der Waals surface area contributed by atoms with Gasteiger partial charge in [0.05, 0.1) is 19.8 Å². The van der Waals surface area contributed by atoms with E-state index in [1.807, 2.05) is 0 Å². The molecule has 1 unspecified atom stereocenters. The van der Waals surface area contributed by atoms with Gasteiger partial charge in [0.15, 0.2) is 0 Å². The van der Waals surface area contributed by atoms with Crippen molar-refractivity contribution in [2.75, 3.05) is 31.6 Å². The van der Waals surface area contributed by atoms with Crippen molar-refractivity contribution in [2.45, 2.75) is 12.2 Å². The van der Waals surface area contributed by atoms with E-state index >= 15 is 0 Å². The van der Waals surface area contributed by atoms with Gasteiger partial charge in [-0.2, -0.15) is 13.2 Å². The number of halogens is 3. The van der Waals surface area contributed by atoms with E-state index < -0.39 is 24.7 Å². The minimum atomic E-state index is -4.40. The number of hydrogen-bond acceptors (Lipinski definition) is 4. The Kier molecular flexibility index (Phi) is 4.78. The number of amides is 1. The maximum absolute atomic E-state index is 12.7. The second-order valence-corrected chi connectivity index (χ2v) is 5.74. The van der Waals surface area contributed by atoms with Gasteiger partial charge < -0.3 is 15.0 Å². The summed E-state index contributed by atoms with van der Waals surface area (Å²) in [4.78, 5) is 27.9. The Labute approximate surface area is 140 Å². The molecule has 0 radical (unpaired) electrons. The number of ether oxygens (including phenoxy) is 1. The van der Waals surface area contributed by atoms with Crippen LogP contribution in [0, 0.1) is 0 Å². The SMILES string of the molecule is O=C(Nc1cccc2c(=O)[nH]ccc12)C1COCCN1CC(F)(F)F. The number of carbonyl (C=O) groups excluding carboxylic acids is 1. The van der Waals surface area contributed by atoms with E-state index in [1.165, 1.54) is 6.20 Å². The first-order chi connectivity index (χ1) is 11.8. The molecular weight excluding hydrogens is 339 g/mol. The fourth-order valence-electron chi connectivity index (χ4n) is 2.85. The molecule has 25 heavy (non-hydrogen) atoms. The van der Waals surface area contributed by atoms with Crippen molar-refractivity contribution in [3.63, 3.8) is 0 Å². The number of nitrogens with zero attached hydrogens (tertiary/aromatic N) is 1. The number of aromatic nitrogens is 1. The Morgan fingerprint density at radius 3 is 2.88 bits per heavy atom. The predicted molar refractivity (Wildman–Crippen MR) is 85.4 cm³/mol. The summed E-state index contributed by atoms with van der Waals surface area (Å²) in [7, 11) is 0. The largest absolute Gasteiger partial charge is 0.401 e. The lowest BCUT2D eigenvalue weighted by molar-refractivity contribution is -0.165. The minimum absolute atomic E-state index is 0.0206. The van der Waals surface area contributed by atoms with Crippen molar-refractivity contribution in [3.8, 4) is 0 Å². The van der Waals surface area contributed by atoms with Gasteiger partial charge in [-0.25, -0.2) is 0 Å². The van der Waals surface area contributed by atoms with Gasteiger partial charge in [0.1, 0.15) is 6.04 Å². The Balaban J connectivity index is 1.84. The van der Waals surface area contributed by atoms with E-state index in [4.69, 9.17) is 4.74 Å². The fraction of sp³-hybridized carbons (Fsp3) is 0.375. The van der Waals surface area contributed by atoms with E-state index in [0.717, 1.165) is 4.90 Å². The molecule has 1 amide bonds. The summed E-state index contributed by atoms with van der Waals surface area (Å²) in [5.74, 6) is -0.600. The van der Waals surface area contributed by atoms with Crippen LogP contribution in [0.25, 0.3) is 10.8 Å². The molecule has 2 heterocycles. The van der Waals surface area contributed by atoms with Crippen LogP contribution in [0.5, 0.6) is 0 Å². The van der Waals surface area contributed by atoms with Crippen molar-refractivity contribution in [1.29, 1.82) is 0 Å². The van der Waals surface area contributed by atoms with Crippen LogP contribution in [-0.2, 0) is 9.53 Å². The zero-order valence-corrected chi connectivity index (χ0v) is 13.1. The van der Waals surface area contributed by atoms with E-state index in [9.17, 15) is 22.8 Å². The number of benzene rings is 1. The minimum Gasteiger partial charge on any atom is -0.378 e. The number of H-pyrrole nitrogens is 1. The summed E-state index contributed by atoms with van der Waals surface area (Å²) in [5.41, 5.74) is 0.0550. The number of fused-ring (bicyclic) bond motifs is 1. The molecule has 0 bridgehead atoms. The number of rotatable bonds is 3. The van der Waals surface area contributed by atoms with Crippen molar-refractivity contribution in [3.05, 3.63) is 40.8 Å². The van der Waals surface area contributed by atoms with Gasteiger partial charge in [-0.05, 0) is 18.2 Å². The van der Waals surface area contributed by atoms with Gasteiger partial charge in [-0.1, -0.05) is 6.07 Å². The first-order valence-electron chi connectivity index (χ1n) is 7.65. The molecule has 0 aliphatic carbocycles. The molecule has 3 rings (SSSR count). The van der Waals surface area contributed by atoms with Gasteiger partial charge >= 0.3 is 6.18 Å². The highest BCUT2D eigenvalue weighted by atomic mass is 19.4. The molecule has 0 spiro atoms. The maximum Gasteiger partial charge on any atom is 0.401 e. The fourth-order valence-corrected chi connectivity index (χ4v) is 2.85. The molecule has 1 aromatic heterocycles. The molecule has 134 valence electrons. The Hall–Kier alpha value is -2.39. The summed E-state index contributed by atoms with van der Waals surface area (Å²) in [5, 5.41) is 3.51. The van der Waals surface area contributed by atoms with E-state index in [0.29, 0.717) is 16.5 Å². The van der Waals surface area contributed by atoms with Crippen LogP contribution in [0.1, 0.15) is 0 Å². The average molecular weight is 355 g/mol. The highest BCUT2D eigenvalue weighted by molar-refractivity contribution is 6.03. The quantitative estimate of drug-likeness (QED) is 0.879. The summed E-state index contributed by atoms with van der Waals surface area (Å²) in [6.45, 7) is -1.13. The van der Waals surface area contributed by atoms with E-state index in [2.05, 4.69) is 10.3 Å². The number of pyridine rings is 1. The topological polar surface area (TPSA) is 74.4 Å². The number of alkyl halides is 3. The number of aromatic amines is 1. The monoisotopic (exact) mass is 355 g/mol. The van der Waals surface area contributed by atoms with Crippen molar-refractivity contribution in [1.82, 2.24) is 9.88 Å². The first-order valence-corrected chi connectivity index (χ1v) is 7.65. The average Bonchev–Trinajstić information content (AvgIpc) is 2.55. The molecule has 2 N–H and O–H groups in total. The first kappa shape index (κ1) is 17.4. The Morgan fingerprint density at radius 2 is 2.12 bits per heavy atom. The predicted octanol–water partition coefficient (Wildman–Crippen LogP) is 1.73. The normalized spacial score (nSPS) is 19.1. The van der Waals surface area contributed by atoms with Crippen LogP contribution in [-0.4, -0.2) is 54.3 Å². The molecule has 0 saturated carbocycles. The highest BCUT2D eigenvalue weighted by Crippen LogP contribution is 2.23. The van der Waals surface area contributed by atoms with E-state index in [1.54, 1.807) is 24.3 Å². The lowest BCUT2D eigenvalue weighted by Gasteiger charge is -2.34. The van der Waals surface area contributed by atoms with Crippen molar-refractivity contribution in [2.24, 2.45) is 0 Å². The van der Waals surface area contributed by atoms with Crippen LogP contribution < -0.4 is 10.9 Å². The molecule has 2 aromatic rings. The van der Waals surface area contributed by atoms with Gasteiger partial charge in [-0.3, -0.25) is 14.5 Å². The van der Waals surface area contributed by atoms with Crippen LogP contribution >= 0.6 is 0 Å². The summed E-state index contributed by atoms with van der Waals surface area (Å²) in [6.07, 6.45) is -2.96. The molecule has 1 fully saturated rings. The second kappa shape index (κ2) is 6.85. The molecule has 1 aliphatic rings. The van der Waals surface area contributed by atoms with Crippen molar-refractivity contribution >= 4 is 22.4 Å². The third-order valence-electron chi connectivity index (χ3n) is 4.00. The van der Waals surface area contributed by atoms with Crippen LogP contribution in [0.4, 0.5) is 18.9 Å². The Bertz CT molecular complexity index is 834. The molecule has 1 aromatic carbocycles. The van der Waals surface area contributed by atoms with Gasteiger partial charge in [0.2, 0.25) is 5.91 Å². The van der Waals surface area contributed by atoms with Gasteiger partial charge in [-0.15, -0.1) is 0 Å². The van der Waals surface area contributed by atoms with Crippen molar-refractivity contribution < 1.29 is 22.7 Å². The second-order valence-electron chi connectivity index (χ2n) is 5.74. The molecule has 6 nitrogen and oxygen atoms in total. The smallest absolute Gasteiger partial charge is 0.378 e. The van der Waals surface area contributed by atoms with Gasteiger partial charge in [0.25, 0.3) is 5.56 Å². The highest BCUT2D eigenvalue weighted by Gasteiger charge is 2.38. The van der Waals surface area contributed by atoms with Crippen LogP contribution in [0.2, 0.25) is 0 Å². The molecular formula is C16H16F3N3O3. The standard InChI is InChI=1S/C16H16F3N3O3/c17-16(18,19)9-22-6-7-25-8-13(22)15(24)21-12-3-1-2-11-10(12)4-5-20-14(11)23/h1-5,13H,6-9H2,(H,20,23)(H,21,24). The maximum atomic E-state index is 12.7. The van der Waals surface area contributed by atoms with E-state index in [-0.39, 0.29) is 25.3 Å². The third kappa shape index (κ3) is 3.99. The summed E-state index contributed by atoms with van der Waals surface area (Å²) in [6, 6.07) is 5.36. The summed E-state index contributed by atoms with van der Waals surface area (Å²) >= 11 is 0.